The molecule has 0 aliphatic heterocycles. The van der Waals surface area contributed by atoms with Gasteiger partial charge in [0.2, 0.25) is 5.91 Å². The van der Waals surface area contributed by atoms with E-state index >= 15 is 0 Å². The summed E-state index contributed by atoms with van der Waals surface area (Å²) in [6, 6.07) is 19.3. The van der Waals surface area contributed by atoms with Crippen molar-refractivity contribution in [2.24, 2.45) is 0 Å². The zero-order valence-corrected chi connectivity index (χ0v) is 15.3. The van der Waals surface area contributed by atoms with E-state index in [-0.39, 0.29) is 5.91 Å². The number of H-pyrrole nitrogens is 1. The summed E-state index contributed by atoms with van der Waals surface area (Å²) in [6.45, 7) is 0. The number of carbonyl (C=O) groups is 1. The Labute approximate surface area is 155 Å². The average molecular weight is 346 g/mol. The number of aromatic nitrogens is 1. The maximum Gasteiger partial charge on any atom is 0.227 e. The molecule has 0 saturated heterocycles. The lowest BCUT2D eigenvalue weighted by Gasteiger charge is -2.35. The number of nitrogens with zero attached hydrogens (tertiary/aromatic N) is 1. The number of hydrogen-bond donors (Lipinski definition) is 1. The van der Waals surface area contributed by atoms with Crippen molar-refractivity contribution < 1.29 is 4.79 Å². The lowest BCUT2D eigenvalue weighted by molar-refractivity contribution is -0.131. The zero-order valence-electron chi connectivity index (χ0n) is 15.3. The summed E-state index contributed by atoms with van der Waals surface area (Å²) >= 11 is 0. The molecule has 1 fully saturated rings. The van der Waals surface area contributed by atoms with Gasteiger partial charge in [-0.15, -0.1) is 0 Å². The third-order valence-electron chi connectivity index (χ3n) is 5.93. The van der Waals surface area contributed by atoms with Crippen molar-refractivity contribution in [2.75, 3.05) is 7.05 Å². The Morgan fingerprint density at radius 3 is 2.46 bits per heavy atom. The Balaban J connectivity index is 1.37. The van der Waals surface area contributed by atoms with Crippen molar-refractivity contribution in [3.8, 4) is 0 Å². The Morgan fingerprint density at radius 2 is 1.69 bits per heavy atom. The molecule has 26 heavy (non-hydrogen) atoms. The van der Waals surface area contributed by atoms with E-state index < -0.39 is 0 Å². The van der Waals surface area contributed by atoms with Crippen LogP contribution in [0.25, 0.3) is 10.9 Å². The molecule has 1 heterocycles. The standard InChI is InChI=1S/C23H26N2O/c1-25(20-13-11-18(12-14-20)17-7-3-2-4-8-17)23(26)15-19-16-24-22-10-6-5-9-21(19)22/h2-10,16,18,20,24H,11-15H2,1H3. The predicted octanol–water partition coefficient (Wildman–Crippen LogP) is 4.90. The fraction of sp³-hybridized carbons (Fsp3) is 0.348. The van der Waals surface area contributed by atoms with Crippen LogP contribution in [0.5, 0.6) is 0 Å². The van der Waals surface area contributed by atoms with Crippen molar-refractivity contribution in [1.82, 2.24) is 9.88 Å². The monoisotopic (exact) mass is 346 g/mol. The molecule has 0 radical (unpaired) electrons. The quantitative estimate of drug-likeness (QED) is 0.717. The maximum absolute atomic E-state index is 12.8. The Hall–Kier alpha value is -2.55. The summed E-state index contributed by atoms with van der Waals surface area (Å²) < 4.78 is 0. The molecular weight excluding hydrogens is 320 g/mol. The van der Waals surface area contributed by atoms with Gasteiger partial charge in [-0.3, -0.25) is 4.79 Å². The molecule has 3 heteroatoms. The summed E-state index contributed by atoms with van der Waals surface area (Å²) in [5.74, 6) is 0.863. The van der Waals surface area contributed by atoms with E-state index in [0.29, 0.717) is 18.4 Å². The molecule has 1 amide bonds. The van der Waals surface area contributed by atoms with E-state index in [1.807, 2.05) is 30.3 Å². The molecule has 1 saturated carbocycles. The lowest BCUT2D eigenvalue weighted by Crippen LogP contribution is -2.40. The number of fused-ring (bicyclic) bond motifs is 1. The lowest BCUT2D eigenvalue weighted by atomic mass is 9.81. The molecule has 134 valence electrons. The first-order valence-corrected chi connectivity index (χ1v) is 9.58. The van der Waals surface area contributed by atoms with E-state index in [2.05, 4.69) is 47.4 Å². The van der Waals surface area contributed by atoms with E-state index in [0.717, 1.165) is 29.3 Å². The van der Waals surface area contributed by atoms with Gasteiger partial charge in [-0.2, -0.15) is 0 Å². The summed E-state index contributed by atoms with van der Waals surface area (Å²) in [5.41, 5.74) is 3.63. The predicted molar refractivity (Wildman–Crippen MR) is 106 cm³/mol. The average Bonchev–Trinajstić information content (AvgIpc) is 3.11. The molecular formula is C23H26N2O. The van der Waals surface area contributed by atoms with Crippen LogP contribution < -0.4 is 0 Å². The minimum Gasteiger partial charge on any atom is -0.361 e. The number of likely N-dealkylation sites (N-methyl/N-ethyl adjacent to an activating group) is 1. The van der Waals surface area contributed by atoms with Crippen LogP contribution in [0.15, 0.2) is 60.8 Å². The molecule has 1 aromatic heterocycles. The molecule has 3 aromatic rings. The third kappa shape index (κ3) is 3.39. The number of benzene rings is 2. The highest BCUT2D eigenvalue weighted by atomic mass is 16.2. The fourth-order valence-corrected chi connectivity index (χ4v) is 4.29. The van der Waals surface area contributed by atoms with Gasteiger partial charge in [0.1, 0.15) is 0 Å². The maximum atomic E-state index is 12.8. The highest BCUT2D eigenvalue weighted by molar-refractivity contribution is 5.88. The van der Waals surface area contributed by atoms with Crippen LogP contribution in [0.4, 0.5) is 0 Å². The van der Waals surface area contributed by atoms with Gasteiger partial charge >= 0.3 is 0 Å². The van der Waals surface area contributed by atoms with Crippen LogP contribution >= 0.6 is 0 Å². The largest absolute Gasteiger partial charge is 0.361 e. The van der Waals surface area contributed by atoms with Gasteiger partial charge in [-0.1, -0.05) is 48.5 Å². The normalized spacial score (nSPS) is 20.2. The molecule has 2 aromatic carbocycles. The minimum absolute atomic E-state index is 0.220. The first-order valence-electron chi connectivity index (χ1n) is 9.58. The van der Waals surface area contributed by atoms with E-state index in [1.165, 1.54) is 18.4 Å². The van der Waals surface area contributed by atoms with E-state index in [1.54, 1.807) is 0 Å². The van der Waals surface area contributed by atoms with Gasteiger partial charge in [0, 0.05) is 30.2 Å². The molecule has 4 rings (SSSR count). The second kappa shape index (κ2) is 7.36. The first-order chi connectivity index (χ1) is 12.7. The fourth-order valence-electron chi connectivity index (χ4n) is 4.29. The van der Waals surface area contributed by atoms with Crippen LogP contribution in [0.3, 0.4) is 0 Å². The highest BCUT2D eigenvalue weighted by Crippen LogP contribution is 2.34. The molecule has 1 aliphatic carbocycles. The van der Waals surface area contributed by atoms with Crippen molar-refractivity contribution in [3.63, 3.8) is 0 Å². The molecule has 1 N–H and O–H groups in total. The minimum atomic E-state index is 0.220. The second-order valence-corrected chi connectivity index (χ2v) is 7.46. The number of carbonyl (C=O) groups excluding carboxylic acids is 1. The molecule has 3 nitrogen and oxygen atoms in total. The number of para-hydroxylation sites is 1. The second-order valence-electron chi connectivity index (χ2n) is 7.46. The van der Waals surface area contributed by atoms with Crippen molar-refractivity contribution in [3.05, 3.63) is 71.9 Å². The Kier molecular flexibility index (Phi) is 4.79. The highest BCUT2D eigenvalue weighted by Gasteiger charge is 2.27. The molecule has 1 aliphatic rings. The van der Waals surface area contributed by atoms with Gasteiger partial charge in [-0.05, 0) is 48.8 Å². The van der Waals surface area contributed by atoms with Gasteiger partial charge < -0.3 is 9.88 Å². The zero-order chi connectivity index (χ0) is 17.9. The van der Waals surface area contributed by atoms with Crippen LogP contribution in [0.2, 0.25) is 0 Å². The van der Waals surface area contributed by atoms with Crippen LogP contribution in [0, 0.1) is 0 Å². The molecule has 0 unspecified atom stereocenters. The topological polar surface area (TPSA) is 36.1 Å². The van der Waals surface area contributed by atoms with Gasteiger partial charge in [0.15, 0.2) is 0 Å². The summed E-state index contributed by atoms with van der Waals surface area (Å²) in [6.07, 6.45) is 6.96. The SMILES string of the molecule is CN(C(=O)Cc1c[nH]c2ccccc12)C1CCC(c2ccccc2)CC1. The molecule has 0 bridgehead atoms. The third-order valence-corrected chi connectivity index (χ3v) is 5.93. The van der Waals surface area contributed by atoms with E-state index in [9.17, 15) is 4.79 Å². The molecule has 0 atom stereocenters. The summed E-state index contributed by atoms with van der Waals surface area (Å²) in [5, 5.41) is 1.15. The van der Waals surface area contributed by atoms with Crippen molar-refractivity contribution >= 4 is 16.8 Å². The number of rotatable bonds is 4. The first kappa shape index (κ1) is 16.9. The van der Waals surface area contributed by atoms with Crippen LogP contribution in [-0.4, -0.2) is 28.9 Å². The summed E-state index contributed by atoms with van der Waals surface area (Å²) in [7, 11) is 1.98. The van der Waals surface area contributed by atoms with Crippen LogP contribution in [-0.2, 0) is 11.2 Å². The number of hydrogen-bond acceptors (Lipinski definition) is 1. The van der Waals surface area contributed by atoms with Crippen molar-refractivity contribution in [2.45, 2.75) is 44.1 Å². The van der Waals surface area contributed by atoms with Gasteiger partial charge in [0.05, 0.1) is 6.42 Å². The number of amides is 1. The number of nitrogens with one attached hydrogen (secondary N) is 1. The number of aromatic amines is 1. The van der Waals surface area contributed by atoms with Crippen LogP contribution in [0.1, 0.15) is 42.7 Å². The summed E-state index contributed by atoms with van der Waals surface area (Å²) in [4.78, 5) is 18.1. The van der Waals surface area contributed by atoms with E-state index in [4.69, 9.17) is 0 Å². The van der Waals surface area contributed by atoms with Gasteiger partial charge in [0.25, 0.3) is 0 Å². The Morgan fingerprint density at radius 1 is 1.00 bits per heavy atom. The smallest absolute Gasteiger partial charge is 0.227 e. The Bertz CT molecular complexity index is 875. The van der Waals surface area contributed by atoms with Crippen molar-refractivity contribution in [1.29, 1.82) is 0 Å². The molecule has 0 spiro atoms. The van der Waals surface area contributed by atoms with Gasteiger partial charge in [-0.25, -0.2) is 0 Å².